The second-order valence-corrected chi connectivity index (χ2v) is 5.55. The van der Waals surface area contributed by atoms with Crippen LogP contribution in [0.3, 0.4) is 0 Å². The van der Waals surface area contributed by atoms with Crippen LogP contribution in [-0.4, -0.2) is 30.2 Å². The van der Waals surface area contributed by atoms with E-state index in [-0.39, 0.29) is 24.4 Å². The maximum absolute atomic E-state index is 13.5. The molecule has 132 valence electrons. The molecule has 0 aliphatic heterocycles. The number of hydrogen-bond donors (Lipinski definition) is 4. The van der Waals surface area contributed by atoms with E-state index in [9.17, 15) is 14.0 Å². The van der Waals surface area contributed by atoms with Gasteiger partial charge in [-0.2, -0.15) is 0 Å². The number of halogens is 2. The van der Waals surface area contributed by atoms with Gasteiger partial charge in [0, 0.05) is 23.9 Å². The normalized spacial score (nSPS) is 10.2. The Labute approximate surface area is 149 Å². The van der Waals surface area contributed by atoms with Crippen LogP contribution in [0.1, 0.15) is 16.8 Å². The van der Waals surface area contributed by atoms with Crippen molar-refractivity contribution in [3.05, 3.63) is 58.9 Å². The fraction of sp³-hybridized carbons (Fsp3) is 0.176. The van der Waals surface area contributed by atoms with Gasteiger partial charge >= 0.3 is 6.03 Å². The van der Waals surface area contributed by atoms with E-state index in [0.717, 1.165) is 12.1 Å². The van der Waals surface area contributed by atoms with Crippen molar-refractivity contribution in [1.29, 1.82) is 0 Å². The lowest BCUT2D eigenvalue weighted by molar-refractivity contribution is 0.0952. The first-order valence-corrected chi connectivity index (χ1v) is 7.89. The van der Waals surface area contributed by atoms with Gasteiger partial charge < -0.3 is 21.1 Å². The predicted molar refractivity (Wildman–Crippen MR) is 94.5 cm³/mol. The fourth-order valence-electron chi connectivity index (χ4n) is 2.04. The van der Waals surface area contributed by atoms with E-state index in [1.807, 2.05) is 0 Å². The molecule has 0 aliphatic rings. The zero-order chi connectivity index (χ0) is 18.2. The fourth-order valence-corrected chi connectivity index (χ4v) is 2.24. The molecule has 0 aromatic heterocycles. The van der Waals surface area contributed by atoms with Gasteiger partial charge in [-0.25, -0.2) is 9.18 Å². The maximum Gasteiger partial charge on any atom is 0.323 e. The topological polar surface area (TPSA) is 90.5 Å². The number of carbonyl (C=O) groups is 2. The summed E-state index contributed by atoms with van der Waals surface area (Å²) in [6.07, 6.45) is 0.394. The lowest BCUT2D eigenvalue weighted by atomic mass is 10.1. The van der Waals surface area contributed by atoms with Gasteiger partial charge in [-0.05, 0) is 42.8 Å². The Hall–Kier alpha value is -2.64. The number of aliphatic hydroxyl groups is 1. The summed E-state index contributed by atoms with van der Waals surface area (Å²) in [6.45, 7) is 0.206. The molecule has 0 atom stereocenters. The standard InChI is InChI=1S/C17H17ClFN3O3/c18-11-3-1-4-13(9-11)21-17(25)22-15-10-12(19)5-6-14(15)16(24)20-7-2-8-23/h1,3-6,9-10,23H,2,7-8H2,(H,20,24)(H2,21,22,25). The molecule has 2 aromatic carbocycles. The van der Waals surface area contributed by atoms with E-state index in [1.54, 1.807) is 24.3 Å². The van der Waals surface area contributed by atoms with Crippen molar-refractivity contribution < 1.29 is 19.1 Å². The second-order valence-electron chi connectivity index (χ2n) is 5.11. The Kier molecular flexibility index (Phi) is 6.73. The molecule has 0 bridgehead atoms. The third-order valence-corrected chi connectivity index (χ3v) is 3.41. The zero-order valence-corrected chi connectivity index (χ0v) is 13.9. The van der Waals surface area contributed by atoms with E-state index >= 15 is 0 Å². The molecule has 8 heteroatoms. The highest BCUT2D eigenvalue weighted by Gasteiger charge is 2.14. The summed E-state index contributed by atoms with van der Waals surface area (Å²) in [7, 11) is 0. The number of rotatable bonds is 6. The molecule has 0 fully saturated rings. The van der Waals surface area contributed by atoms with Crippen molar-refractivity contribution in [2.75, 3.05) is 23.8 Å². The van der Waals surface area contributed by atoms with Gasteiger partial charge in [0.2, 0.25) is 0 Å². The van der Waals surface area contributed by atoms with E-state index in [4.69, 9.17) is 16.7 Å². The Morgan fingerprint density at radius 3 is 2.64 bits per heavy atom. The minimum Gasteiger partial charge on any atom is -0.396 e. The lowest BCUT2D eigenvalue weighted by Crippen LogP contribution is -2.27. The monoisotopic (exact) mass is 365 g/mol. The molecule has 0 spiro atoms. The summed E-state index contributed by atoms with van der Waals surface area (Å²) in [5.74, 6) is -1.07. The van der Waals surface area contributed by atoms with Crippen LogP contribution in [0.4, 0.5) is 20.6 Å². The summed E-state index contributed by atoms with van der Waals surface area (Å²) in [4.78, 5) is 24.2. The molecule has 0 saturated heterocycles. The summed E-state index contributed by atoms with van der Waals surface area (Å²) in [6, 6.07) is 9.33. The van der Waals surface area contributed by atoms with Crippen molar-refractivity contribution in [3.63, 3.8) is 0 Å². The average Bonchev–Trinajstić information content (AvgIpc) is 2.55. The highest BCUT2D eigenvalue weighted by molar-refractivity contribution is 6.30. The number of aliphatic hydroxyl groups excluding tert-OH is 1. The number of amides is 3. The molecule has 0 unspecified atom stereocenters. The minimum absolute atomic E-state index is 0.0287. The second kappa shape index (κ2) is 9.00. The molecule has 2 aromatic rings. The molecule has 2 rings (SSSR count). The van der Waals surface area contributed by atoms with Crippen molar-refractivity contribution in [1.82, 2.24) is 5.32 Å². The number of benzene rings is 2. The van der Waals surface area contributed by atoms with Gasteiger partial charge in [0.25, 0.3) is 5.91 Å². The lowest BCUT2D eigenvalue weighted by Gasteiger charge is -2.12. The largest absolute Gasteiger partial charge is 0.396 e. The van der Waals surface area contributed by atoms with Crippen LogP contribution in [0.25, 0.3) is 0 Å². The number of nitrogens with one attached hydrogen (secondary N) is 3. The zero-order valence-electron chi connectivity index (χ0n) is 13.2. The Bertz CT molecular complexity index is 771. The number of urea groups is 1. The number of hydrogen-bond acceptors (Lipinski definition) is 3. The van der Waals surface area contributed by atoms with Gasteiger partial charge in [-0.15, -0.1) is 0 Å². The van der Waals surface area contributed by atoms with Gasteiger partial charge in [0.15, 0.2) is 0 Å². The molecule has 25 heavy (non-hydrogen) atoms. The van der Waals surface area contributed by atoms with Crippen molar-refractivity contribution in [2.24, 2.45) is 0 Å². The molecule has 0 aliphatic carbocycles. The quantitative estimate of drug-likeness (QED) is 0.592. The van der Waals surface area contributed by atoms with Crippen molar-refractivity contribution >= 4 is 34.9 Å². The van der Waals surface area contributed by atoms with E-state index < -0.39 is 17.8 Å². The predicted octanol–water partition coefficient (Wildman–Crippen LogP) is 3.24. The molecular weight excluding hydrogens is 349 g/mol. The van der Waals surface area contributed by atoms with Gasteiger partial charge in [-0.3, -0.25) is 4.79 Å². The minimum atomic E-state index is -0.641. The van der Waals surface area contributed by atoms with Crippen LogP contribution < -0.4 is 16.0 Å². The smallest absolute Gasteiger partial charge is 0.323 e. The van der Waals surface area contributed by atoms with Gasteiger partial charge in [0.1, 0.15) is 5.82 Å². The summed E-state index contributed by atoms with van der Waals surface area (Å²) >= 11 is 5.84. The first-order valence-electron chi connectivity index (χ1n) is 7.52. The summed E-state index contributed by atoms with van der Waals surface area (Å²) < 4.78 is 13.5. The van der Waals surface area contributed by atoms with Crippen molar-refractivity contribution in [2.45, 2.75) is 6.42 Å². The van der Waals surface area contributed by atoms with Crippen molar-refractivity contribution in [3.8, 4) is 0 Å². The molecule has 4 N–H and O–H groups in total. The van der Waals surface area contributed by atoms with E-state index in [2.05, 4.69) is 16.0 Å². The van der Waals surface area contributed by atoms with Crippen LogP contribution in [0.2, 0.25) is 5.02 Å². The van der Waals surface area contributed by atoms with Crippen LogP contribution >= 0.6 is 11.6 Å². The first kappa shape index (κ1) is 18.7. The van der Waals surface area contributed by atoms with E-state index in [0.29, 0.717) is 17.1 Å². The van der Waals surface area contributed by atoms with Crippen LogP contribution in [0.15, 0.2) is 42.5 Å². The highest BCUT2D eigenvalue weighted by atomic mass is 35.5. The third-order valence-electron chi connectivity index (χ3n) is 3.18. The summed E-state index contributed by atoms with van der Waals surface area (Å²) in [5, 5.41) is 16.8. The SMILES string of the molecule is O=C(Nc1cccc(Cl)c1)Nc1cc(F)ccc1C(=O)NCCCO. The number of anilines is 2. The van der Waals surface area contributed by atoms with E-state index in [1.165, 1.54) is 6.07 Å². The highest BCUT2D eigenvalue weighted by Crippen LogP contribution is 2.19. The molecule has 0 saturated carbocycles. The molecule has 3 amide bonds. The van der Waals surface area contributed by atoms with Crippen LogP contribution in [0, 0.1) is 5.82 Å². The molecule has 0 heterocycles. The van der Waals surface area contributed by atoms with Gasteiger partial charge in [0.05, 0.1) is 11.3 Å². The Morgan fingerprint density at radius 2 is 1.92 bits per heavy atom. The van der Waals surface area contributed by atoms with Crippen LogP contribution in [-0.2, 0) is 0 Å². The molecular formula is C17H17ClFN3O3. The third kappa shape index (κ3) is 5.74. The molecule has 6 nitrogen and oxygen atoms in total. The Morgan fingerprint density at radius 1 is 1.12 bits per heavy atom. The molecule has 0 radical (unpaired) electrons. The number of carbonyl (C=O) groups excluding carboxylic acids is 2. The van der Waals surface area contributed by atoms with Gasteiger partial charge in [-0.1, -0.05) is 17.7 Å². The first-order chi connectivity index (χ1) is 12.0. The maximum atomic E-state index is 13.5. The Balaban J connectivity index is 2.10. The van der Waals surface area contributed by atoms with Crippen LogP contribution in [0.5, 0.6) is 0 Å². The average molecular weight is 366 g/mol. The summed E-state index contributed by atoms with van der Waals surface area (Å²) in [5.41, 5.74) is 0.594.